The minimum absolute atomic E-state index is 0. The molecule has 0 saturated carbocycles. The SMILES string of the molecule is C=C/C(C)=C\C=C(/C)CN1CCN(CC)CC1.CC.Cc1ccc(OCCOCCO)cc1.[CH3-].[Y]. The molecule has 0 aromatic heterocycles. The van der Waals surface area contributed by atoms with Gasteiger partial charge in [-0.25, -0.2) is 0 Å². The van der Waals surface area contributed by atoms with E-state index < -0.39 is 0 Å². The normalized spacial score (nSPS) is 14.3. The zero-order chi connectivity index (χ0) is 24.9. The summed E-state index contributed by atoms with van der Waals surface area (Å²) in [4.78, 5) is 5.05. The van der Waals surface area contributed by atoms with Gasteiger partial charge in [-0.05, 0) is 39.4 Å². The van der Waals surface area contributed by atoms with Crippen molar-refractivity contribution in [3.8, 4) is 5.75 Å². The first-order valence-corrected chi connectivity index (χ1v) is 12.3. The van der Waals surface area contributed by atoms with Crippen molar-refractivity contribution in [1.29, 1.82) is 0 Å². The van der Waals surface area contributed by atoms with Gasteiger partial charge in [-0.3, -0.25) is 4.90 Å². The molecule has 1 radical (unpaired) electrons. The van der Waals surface area contributed by atoms with Gasteiger partial charge in [0.05, 0.1) is 19.8 Å². The average Bonchev–Trinajstić information content (AvgIpc) is 2.85. The molecule has 1 aliphatic rings. The van der Waals surface area contributed by atoms with Crippen LogP contribution in [0.15, 0.2) is 60.2 Å². The van der Waals surface area contributed by atoms with Crippen LogP contribution in [0.3, 0.4) is 0 Å². The average molecular weight is 565 g/mol. The molecule has 6 heteroatoms. The molecular weight excluding hydrogens is 513 g/mol. The number of hydrogen-bond donors (Lipinski definition) is 1. The van der Waals surface area contributed by atoms with E-state index in [2.05, 4.69) is 49.3 Å². The second kappa shape index (κ2) is 26.3. The third-order valence-electron chi connectivity index (χ3n) is 5.09. The van der Waals surface area contributed by atoms with Gasteiger partial charge < -0.3 is 26.9 Å². The first-order valence-electron chi connectivity index (χ1n) is 12.3. The van der Waals surface area contributed by atoms with E-state index in [0.29, 0.717) is 19.8 Å². The number of allylic oxidation sites excluding steroid dienone is 4. The number of aliphatic hydroxyl groups is 1. The maximum Gasteiger partial charge on any atom is 0.119 e. The van der Waals surface area contributed by atoms with Crippen LogP contribution < -0.4 is 4.74 Å². The molecule has 0 amide bonds. The van der Waals surface area contributed by atoms with E-state index in [-0.39, 0.29) is 46.7 Å². The Hall–Kier alpha value is -0.816. The zero-order valence-electron chi connectivity index (χ0n) is 23.6. The van der Waals surface area contributed by atoms with Crippen LogP contribution in [0.1, 0.15) is 40.2 Å². The Balaban J connectivity index is -0.000000525. The second-order valence-corrected chi connectivity index (χ2v) is 7.84. The number of aryl methyl sites for hydroxylation is 1. The van der Waals surface area contributed by atoms with Crippen LogP contribution in [0, 0.1) is 14.4 Å². The fourth-order valence-corrected chi connectivity index (χ4v) is 3.03. The van der Waals surface area contributed by atoms with Gasteiger partial charge in [0.25, 0.3) is 0 Å². The van der Waals surface area contributed by atoms with Gasteiger partial charge in [0.15, 0.2) is 0 Å². The largest absolute Gasteiger partial charge is 0.491 e. The molecule has 5 nitrogen and oxygen atoms in total. The molecule has 2 rings (SSSR count). The van der Waals surface area contributed by atoms with Crippen LogP contribution in [-0.2, 0) is 37.4 Å². The number of aliphatic hydroxyl groups excluding tert-OH is 1. The molecule has 1 fully saturated rings. The van der Waals surface area contributed by atoms with E-state index in [1.165, 1.54) is 49.4 Å². The molecule has 1 heterocycles. The fraction of sp³-hybridized carbons (Fsp3) is 0.552. The standard InChI is InChI=1S/C15H26N2.C11H16O3.C2H6.CH3.Y/c1-5-14(3)7-8-15(4)13-17-11-9-16(6-2)10-12-17;1-10-2-4-11(5-3-10)14-9-8-13-7-6-12;1-2;;/h5,7-8H,1,6,9-13H2,2-4H3;2-5,12H,6-9H2,1H3;1-2H3;1H3;/q;;;-1;/b14-7-,15-8+;;;;. The number of likely N-dealkylation sites (N-methyl/N-ethyl adjacent to an activating group) is 1. The van der Waals surface area contributed by atoms with E-state index in [1.54, 1.807) is 0 Å². The maximum atomic E-state index is 8.45. The number of ether oxygens (including phenoxy) is 2. The zero-order valence-corrected chi connectivity index (χ0v) is 26.4. The predicted molar refractivity (Wildman–Crippen MR) is 149 cm³/mol. The van der Waals surface area contributed by atoms with Crippen LogP contribution in [0.25, 0.3) is 0 Å². The van der Waals surface area contributed by atoms with Crippen LogP contribution >= 0.6 is 0 Å². The summed E-state index contributed by atoms with van der Waals surface area (Å²) >= 11 is 0. The minimum Gasteiger partial charge on any atom is -0.491 e. The topological polar surface area (TPSA) is 45.2 Å². The number of rotatable bonds is 11. The third kappa shape index (κ3) is 21.0. The van der Waals surface area contributed by atoms with E-state index in [1.807, 2.05) is 51.1 Å². The second-order valence-electron chi connectivity index (χ2n) is 7.84. The van der Waals surface area contributed by atoms with Crippen molar-refractivity contribution in [3.63, 3.8) is 0 Å². The van der Waals surface area contributed by atoms with Crippen molar-refractivity contribution in [3.05, 3.63) is 73.2 Å². The predicted octanol–water partition coefficient (Wildman–Crippen LogP) is 5.56. The third-order valence-corrected chi connectivity index (χ3v) is 5.09. The van der Waals surface area contributed by atoms with E-state index in [9.17, 15) is 0 Å². The quantitative estimate of drug-likeness (QED) is 0.217. The Bertz CT molecular complexity index is 667. The Morgan fingerprint density at radius 1 is 0.971 bits per heavy atom. The number of piperazine rings is 1. The molecule has 0 bridgehead atoms. The van der Waals surface area contributed by atoms with Gasteiger partial charge in [-0.2, -0.15) is 0 Å². The summed E-state index contributed by atoms with van der Waals surface area (Å²) in [5, 5.41) is 8.45. The summed E-state index contributed by atoms with van der Waals surface area (Å²) in [6.07, 6.45) is 6.25. The van der Waals surface area contributed by atoms with Gasteiger partial charge in [0.1, 0.15) is 12.4 Å². The van der Waals surface area contributed by atoms with Gasteiger partial charge in [0.2, 0.25) is 0 Å². The smallest absolute Gasteiger partial charge is 0.119 e. The summed E-state index contributed by atoms with van der Waals surface area (Å²) in [6, 6.07) is 7.87. The van der Waals surface area contributed by atoms with Crippen molar-refractivity contribution >= 4 is 0 Å². The Kier molecular flexibility index (Phi) is 29.0. The van der Waals surface area contributed by atoms with E-state index in [0.717, 1.165) is 12.3 Å². The van der Waals surface area contributed by atoms with Gasteiger partial charge >= 0.3 is 0 Å². The minimum atomic E-state index is 0. The van der Waals surface area contributed by atoms with Gasteiger partial charge in [-0.15, -0.1) is 0 Å². The van der Waals surface area contributed by atoms with Crippen molar-refractivity contribution in [2.45, 2.75) is 41.5 Å². The fourth-order valence-electron chi connectivity index (χ4n) is 3.03. The molecule has 1 N–H and O–H groups in total. The summed E-state index contributed by atoms with van der Waals surface area (Å²) in [5.41, 5.74) is 3.87. The van der Waals surface area contributed by atoms with E-state index >= 15 is 0 Å². The Morgan fingerprint density at radius 3 is 2.06 bits per heavy atom. The van der Waals surface area contributed by atoms with Crippen LogP contribution in [-0.4, -0.2) is 80.6 Å². The van der Waals surface area contributed by atoms with E-state index in [4.69, 9.17) is 14.6 Å². The molecule has 1 aromatic carbocycles. The molecule has 0 spiro atoms. The molecule has 0 atom stereocenters. The monoisotopic (exact) mass is 564 g/mol. The first-order chi connectivity index (χ1) is 16.0. The molecule has 0 unspecified atom stereocenters. The van der Waals surface area contributed by atoms with Gasteiger partial charge in [0, 0.05) is 65.4 Å². The Morgan fingerprint density at radius 2 is 1.54 bits per heavy atom. The number of benzene rings is 1. The van der Waals surface area contributed by atoms with Crippen molar-refractivity contribution in [1.82, 2.24) is 9.80 Å². The number of nitrogens with zero attached hydrogens (tertiary/aromatic N) is 2. The summed E-state index contributed by atoms with van der Waals surface area (Å²) in [5.74, 6) is 0.850. The molecule has 1 saturated heterocycles. The van der Waals surface area contributed by atoms with Crippen molar-refractivity contribution < 1.29 is 47.3 Å². The summed E-state index contributed by atoms with van der Waals surface area (Å²) in [6.45, 7) is 24.9. The Labute approximate surface area is 242 Å². The molecule has 35 heavy (non-hydrogen) atoms. The molecular formula is C29H51N2O3Y-. The molecule has 0 aliphatic carbocycles. The van der Waals surface area contributed by atoms with Crippen LogP contribution in [0.2, 0.25) is 0 Å². The van der Waals surface area contributed by atoms with Crippen LogP contribution in [0.5, 0.6) is 5.75 Å². The molecule has 199 valence electrons. The molecule has 1 aromatic rings. The summed E-state index contributed by atoms with van der Waals surface area (Å²) < 4.78 is 10.5. The summed E-state index contributed by atoms with van der Waals surface area (Å²) in [7, 11) is 0. The van der Waals surface area contributed by atoms with Gasteiger partial charge in [-0.1, -0.05) is 74.4 Å². The van der Waals surface area contributed by atoms with Crippen molar-refractivity contribution in [2.24, 2.45) is 0 Å². The molecule has 1 aliphatic heterocycles. The van der Waals surface area contributed by atoms with Crippen LogP contribution in [0.4, 0.5) is 0 Å². The maximum absolute atomic E-state index is 8.45. The first kappa shape index (κ1) is 38.7. The van der Waals surface area contributed by atoms with Crippen molar-refractivity contribution in [2.75, 3.05) is 65.7 Å². The number of hydrogen-bond acceptors (Lipinski definition) is 5.